The van der Waals surface area contributed by atoms with Crippen LogP contribution in [0.15, 0.2) is 51.4 Å². The number of ether oxygens (including phenoxy) is 1. The van der Waals surface area contributed by atoms with Crippen LogP contribution < -0.4 is 10.6 Å². The van der Waals surface area contributed by atoms with Crippen molar-refractivity contribution >= 4 is 34.7 Å². The van der Waals surface area contributed by atoms with E-state index in [4.69, 9.17) is 9.15 Å². The van der Waals surface area contributed by atoms with Gasteiger partial charge in [-0.05, 0) is 19.9 Å². The van der Waals surface area contributed by atoms with E-state index < -0.39 is 12.0 Å². The lowest BCUT2D eigenvalue weighted by Gasteiger charge is -2.26. The number of H-pyrrole nitrogens is 1. The zero-order valence-corrected chi connectivity index (χ0v) is 16.6. The number of nitrogens with one attached hydrogen (secondary N) is 3. The van der Waals surface area contributed by atoms with Crippen molar-refractivity contribution in [2.75, 3.05) is 12.4 Å². The van der Waals surface area contributed by atoms with Crippen molar-refractivity contribution in [3.8, 4) is 11.5 Å². The standard InChI is InChI=1S/C19H19N5O4S/c1-3-27-17(25)15-10(2)21-18(26)22-14(15)9-29-19-24-23-16(28-19)12-8-20-13-7-5-4-6-11(12)13/h4-8,10,20H,3,9H2,1-2H3,(H2,21,22,26)/t10-/m0/s1. The smallest absolute Gasteiger partial charge is 0.337 e. The number of carbonyl (C=O) groups excluding carboxylic acids is 2. The van der Waals surface area contributed by atoms with Crippen molar-refractivity contribution in [3.05, 3.63) is 41.7 Å². The molecule has 0 saturated heterocycles. The van der Waals surface area contributed by atoms with E-state index in [1.165, 1.54) is 11.8 Å². The summed E-state index contributed by atoms with van der Waals surface area (Å²) in [6.45, 7) is 3.72. The van der Waals surface area contributed by atoms with Crippen LogP contribution in [0.3, 0.4) is 0 Å². The van der Waals surface area contributed by atoms with Crippen molar-refractivity contribution in [1.29, 1.82) is 0 Å². The summed E-state index contributed by atoms with van der Waals surface area (Å²) in [6, 6.07) is 7.00. The highest BCUT2D eigenvalue weighted by Gasteiger charge is 2.30. The molecule has 0 radical (unpaired) electrons. The van der Waals surface area contributed by atoms with E-state index in [0.717, 1.165) is 16.5 Å². The van der Waals surface area contributed by atoms with Gasteiger partial charge in [0.15, 0.2) is 0 Å². The molecule has 0 aliphatic carbocycles. The Labute approximate surface area is 170 Å². The Morgan fingerprint density at radius 2 is 2.14 bits per heavy atom. The highest BCUT2D eigenvalue weighted by Crippen LogP contribution is 2.30. The maximum atomic E-state index is 12.3. The highest BCUT2D eigenvalue weighted by molar-refractivity contribution is 7.99. The number of benzene rings is 1. The van der Waals surface area contributed by atoms with E-state index in [-0.39, 0.29) is 18.4 Å². The number of hydrogen-bond donors (Lipinski definition) is 3. The van der Waals surface area contributed by atoms with Crippen molar-refractivity contribution in [2.45, 2.75) is 25.1 Å². The molecule has 1 aliphatic rings. The number of carbonyl (C=O) groups is 2. The number of urea groups is 1. The van der Waals surface area contributed by atoms with Crippen LogP contribution in [0.4, 0.5) is 4.79 Å². The largest absolute Gasteiger partial charge is 0.463 e. The quantitative estimate of drug-likeness (QED) is 0.419. The first-order valence-corrected chi connectivity index (χ1v) is 10.1. The maximum Gasteiger partial charge on any atom is 0.337 e. The van der Waals surface area contributed by atoms with Gasteiger partial charge in [-0.2, -0.15) is 0 Å². The van der Waals surface area contributed by atoms with E-state index in [1.54, 1.807) is 13.8 Å². The molecule has 9 nitrogen and oxygen atoms in total. The van der Waals surface area contributed by atoms with Crippen LogP contribution in [0.5, 0.6) is 0 Å². The molecule has 10 heteroatoms. The molecule has 0 fully saturated rings. The second-order valence-electron chi connectivity index (χ2n) is 6.34. The lowest BCUT2D eigenvalue weighted by atomic mass is 10.1. The Bertz CT molecular complexity index is 1100. The van der Waals surface area contributed by atoms with Gasteiger partial charge in [0.2, 0.25) is 0 Å². The lowest BCUT2D eigenvalue weighted by molar-refractivity contribution is -0.138. The molecule has 1 atom stereocenters. The fraction of sp³-hybridized carbons (Fsp3) is 0.263. The lowest BCUT2D eigenvalue weighted by Crippen LogP contribution is -2.49. The summed E-state index contributed by atoms with van der Waals surface area (Å²) in [4.78, 5) is 27.3. The van der Waals surface area contributed by atoms with Gasteiger partial charge in [-0.1, -0.05) is 30.0 Å². The van der Waals surface area contributed by atoms with Gasteiger partial charge in [-0.3, -0.25) is 0 Å². The fourth-order valence-electron chi connectivity index (χ4n) is 3.15. The Hall–Kier alpha value is -3.27. The zero-order valence-electron chi connectivity index (χ0n) is 15.8. The molecule has 150 valence electrons. The predicted octanol–water partition coefficient (Wildman–Crippen LogP) is 2.83. The number of hydrogen-bond acceptors (Lipinski definition) is 7. The molecule has 0 saturated carbocycles. The molecule has 4 rings (SSSR count). The number of fused-ring (bicyclic) bond motifs is 1. The van der Waals surface area contributed by atoms with Gasteiger partial charge < -0.3 is 24.8 Å². The van der Waals surface area contributed by atoms with E-state index >= 15 is 0 Å². The monoisotopic (exact) mass is 413 g/mol. The van der Waals surface area contributed by atoms with Gasteiger partial charge in [0, 0.05) is 28.5 Å². The number of esters is 1. The van der Waals surface area contributed by atoms with E-state index in [1.807, 2.05) is 30.5 Å². The average Bonchev–Trinajstić information content (AvgIpc) is 3.32. The summed E-state index contributed by atoms with van der Waals surface area (Å²) in [5.41, 5.74) is 2.65. The van der Waals surface area contributed by atoms with Crippen LogP contribution in [0, 0.1) is 0 Å². The third-order valence-corrected chi connectivity index (χ3v) is 5.28. The first kappa shape index (κ1) is 19.1. The van der Waals surface area contributed by atoms with E-state index in [0.29, 0.717) is 22.4 Å². The number of rotatable bonds is 6. The van der Waals surface area contributed by atoms with Crippen LogP contribution in [-0.4, -0.2) is 45.6 Å². The highest BCUT2D eigenvalue weighted by atomic mass is 32.2. The van der Waals surface area contributed by atoms with Crippen molar-refractivity contribution in [2.24, 2.45) is 0 Å². The van der Waals surface area contributed by atoms with Gasteiger partial charge in [0.1, 0.15) is 0 Å². The maximum absolute atomic E-state index is 12.3. The van der Waals surface area contributed by atoms with E-state index in [9.17, 15) is 9.59 Å². The third-order valence-electron chi connectivity index (χ3n) is 4.43. The summed E-state index contributed by atoms with van der Waals surface area (Å²) in [5.74, 6) is 0.210. The Balaban J connectivity index is 1.54. The van der Waals surface area contributed by atoms with Crippen LogP contribution >= 0.6 is 11.8 Å². The Morgan fingerprint density at radius 3 is 2.97 bits per heavy atom. The van der Waals surface area contributed by atoms with Crippen LogP contribution in [0.2, 0.25) is 0 Å². The molecule has 0 bridgehead atoms. The molecule has 3 heterocycles. The number of thioether (sulfide) groups is 1. The van der Waals surface area contributed by atoms with Gasteiger partial charge in [0.25, 0.3) is 11.1 Å². The van der Waals surface area contributed by atoms with Crippen molar-refractivity contribution in [3.63, 3.8) is 0 Å². The molecule has 0 spiro atoms. The molecule has 2 amide bonds. The minimum atomic E-state index is -0.465. The van der Waals surface area contributed by atoms with E-state index in [2.05, 4.69) is 25.8 Å². The van der Waals surface area contributed by atoms with Crippen LogP contribution in [0.25, 0.3) is 22.4 Å². The second-order valence-corrected chi connectivity index (χ2v) is 7.27. The molecule has 0 unspecified atom stereocenters. The van der Waals surface area contributed by atoms with Gasteiger partial charge >= 0.3 is 12.0 Å². The number of aromatic amines is 1. The molecular weight excluding hydrogens is 394 g/mol. The number of nitrogens with zero attached hydrogens (tertiary/aromatic N) is 2. The molecule has 2 aromatic heterocycles. The minimum absolute atomic E-state index is 0.251. The molecule has 3 aromatic rings. The predicted molar refractivity (Wildman–Crippen MR) is 107 cm³/mol. The zero-order chi connectivity index (χ0) is 20.4. The minimum Gasteiger partial charge on any atom is -0.463 e. The molecule has 1 aliphatic heterocycles. The third kappa shape index (κ3) is 3.83. The van der Waals surface area contributed by atoms with Crippen LogP contribution in [0.1, 0.15) is 13.8 Å². The van der Waals surface area contributed by atoms with Gasteiger partial charge in [0.05, 0.1) is 23.8 Å². The molecule has 1 aromatic carbocycles. The van der Waals surface area contributed by atoms with Gasteiger partial charge in [-0.25, -0.2) is 9.59 Å². The summed E-state index contributed by atoms with van der Waals surface area (Å²) in [6.07, 6.45) is 1.82. The van der Waals surface area contributed by atoms with Crippen LogP contribution in [-0.2, 0) is 9.53 Å². The average molecular weight is 413 g/mol. The first-order chi connectivity index (χ1) is 14.1. The number of para-hydroxylation sites is 1. The second kappa shape index (κ2) is 8.00. The summed E-state index contributed by atoms with van der Waals surface area (Å²) < 4.78 is 10.9. The molecule has 29 heavy (non-hydrogen) atoms. The molecule has 3 N–H and O–H groups in total. The molecular formula is C19H19N5O4S. The topological polar surface area (TPSA) is 122 Å². The fourth-order valence-corrected chi connectivity index (χ4v) is 3.88. The normalized spacial score (nSPS) is 16.6. The Kier molecular flexibility index (Phi) is 5.26. The first-order valence-electron chi connectivity index (χ1n) is 9.07. The number of aromatic nitrogens is 3. The van der Waals surface area contributed by atoms with Gasteiger partial charge in [-0.15, -0.1) is 10.2 Å². The Morgan fingerprint density at radius 1 is 1.31 bits per heavy atom. The summed E-state index contributed by atoms with van der Waals surface area (Å²) in [5, 5.41) is 14.9. The summed E-state index contributed by atoms with van der Waals surface area (Å²) >= 11 is 1.24. The number of amides is 2. The summed E-state index contributed by atoms with van der Waals surface area (Å²) in [7, 11) is 0. The van der Waals surface area contributed by atoms with Crippen molar-refractivity contribution in [1.82, 2.24) is 25.8 Å². The van der Waals surface area contributed by atoms with Crippen molar-refractivity contribution < 1.29 is 18.7 Å². The SMILES string of the molecule is CCOC(=O)C1=C(CSc2nnc(-c3c[nH]c4ccccc34)o2)NC(=O)N[C@H]1C.